The molecule has 0 saturated carbocycles. The summed E-state index contributed by atoms with van der Waals surface area (Å²) in [5.41, 5.74) is 0.917. The number of carbonyl (C=O) groups is 2. The number of nitrogens with zero attached hydrogens (tertiary/aromatic N) is 1. The molecule has 1 unspecified atom stereocenters. The van der Waals surface area contributed by atoms with Gasteiger partial charge in [0.25, 0.3) is 0 Å². The third-order valence-corrected chi connectivity index (χ3v) is 5.03. The number of rotatable bonds is 5. The van der Waals surface area contributed by atoms with Gasteiger partial charge >= 0.3 is 0 Å². The predicted molar refractivity (Wildman–Crippen MR) is 86.1 cm³/mol. The van der Waals surface area contributed by atoms with Gasteiger partial charge in [-0.05, 0) is 18.6 Å². The van der Waals surface area contributed by atoms with Crippen LogP contribution in [0.5, 0.6) is 0 Å². The molecule has 118 valence electrons. The third kappa shape index (κ3) is 3.62. The van der Waals surface area contributed by atoms with Crippen LogP contribution in [0.25, 0.3) is 0 Å². The van der Waals surface area contributed by atoms with Crippen molar-refractivity contribution in [2.75, 3.05) is 37.0 Å². The Morgan fingerprint density at radius 3 is 3.09 bits per heavy atom. The maximum atomic E-state index is 12.1. The molecule has 0 spiro atoms. The van der Waals surface area contributed by atoms with Crippen molar-refractivity contribution in [3.05, 3.63) is 24.3 Å². The Morgan fingerprint density at radius 2 is 2.27 bits per heavy atom. The fourth-order valence-corrected chi connectivity index (χ4v) is 3.64. The molecule has 0 aromatic heterocycles. The minimum absolute atomic E-state index is 0.00425. The highest BCUT2D eigenvalue weighted by Gasteiger charge is 2.24. The van der Waals surface area contributed by atoms with Crippen molar-refractivity contribution in [1.82, 2.24) is 5.32 Å². The molecule has 1 fully saturated rings. The average molecular weight is 320 g/mol. The molecule has 0 bridgehead atoms. The lowest BCUT2D eigenvalue weighted by molar-refractivity contribution is -0.121. The van der Waals surface area contributed by atoms with E-state index in [1.165, 1.54) is 0 Å². The largest absolute Gasteiger partial charge is 0.381 e. The first-order valence-corrected chi connectivity index (χ1v) is 8.59. The van der Waals surface area contributed by atoms with Crippen LogP contribution in [0.3, 0.4) is 0 Å². The molecule has 2 aliphatic rings. The molecule has 1 aromatic rings. The molecule has 1 N–H and O–H groups in total. The summed E-state index contributed by atoms with van der Waals surface area (Å²) in [6.07, 6.45) is 1.34. The monoisotopic (exact) mass is 320 g/mol. The van der Waals surface area contributed by atoms with E-state index in [1.807, 2.05) is 24.3 Å². The SMILES string of the molecule is O=C(CCN1C(=O)CSc2ccccc21)NCC1CCOC1. The molecule has 0 radical (unpaired) electrons. The number of benzene rings is 1. The maximum absolute atomic E-state index is 12.1. The summed E-state index contributed by atoms with van der Waals surface area (Å²) in [6, 6.07) is 7.84. The van der Waals surface area contributed by atoms with Crippen molar-refractivity contribution in [2.45, 2.75) is 17.7 Å². The Hall–Kier alpha value is -1.53. The highest BCUT2D eigenvalue weighted by atomic mass is 32.2. The van der Waals surface area contributed by atoms with E-state index in [1.54, 1.807) is 16.7 Å². The van der Waals surface area contributed by atoms with E-state index in [0.29, 0.717) is 31.2 Å². The first-order chi connectivity index (χ1) is 10.7. The number of nitrogens with one attached hydrogen (secondary N) is 1. The number of fused-ring (bicyclic) bond motifs is 1. The molecule has 2 heterocycles. The average Bonchev–Trinajstić information content (AvgIpc) is 3.05. The van der Waals surface area contributed by atoms with E-state index < -0.39 is 0 Å². The normalized spacial score (nSPS) is 20.8. The lowest BCUT2D eigenvalue weighted by Crippen LogP contribution is -2.39. The summed E-state index contributed by atoms with van der Waals surface area (Å²) >= 11 is 1.56. The van der Waals surface area contributed by atoms with Crippen LogP contribution in [0.1, 0.15) is 12.8 Å². The third-order valence-electron chi connectivity index (χ3n) is 3.98. The molecule has 5 nitrogen and oxygen atoms in total. The zero-order valence-electron chi connectivity index (χ0n) is 12.4. The zero-order valence-corrected chi connectivity index (χ0v) is 13.2. The summed E-state index contributed by atoms with van der Waals surface area (Å²) in [4.78, 5) is 26.9. The van der Waals surface area contributed by atoms with Crippen LogP contribution in [0.15, 0.2) is 29.2 Å². The molecule has 0 aliphatic carbocycles. The predicted octanol–water partition coefficient (Wildman–Crippen LogP) is 1.67. The topological polar surface area (TPSA) is 58.6 Å². The second kappa shape index (κ2) is 7.15. The van der Waals surface area contributed by atoms with E-state index in [2.05, 4.69) is 5.32 Å². The number of hydrogen-bond acceptors (Lipinski definition) is 4. The number of anilines is 1. The number of amides is 2. The summed E-state index contributed by atoms with van der Waals surface area (Å²) in [7, 11) is 0. The molecular formula is C16H20N2O3S. The fraction of sp³-hybridized carbons (Fsp3) is 0.500. The van der Waals surface area contributed by atoms with E-state index in [4.69, 9.17) is 4.74 Å². The number of hydrogen-bond donors (Lipinski definition) is 1. The summed E-state index contributed by atoms with van der Waals surface area (Å²) < 4.78 is 5.29. The van der Waals surface area contributed by atoms with Crippen molar-refractivity contribution in [2.24, 2.45) is 5.92 Å². The van der Waals surface area contributed by atoms with Gasteiger partial charge < -0.3 is 15.0 Å². The van der Waals surface area contributed by atoms with Gasteiger partial charge in [-0.2, -0.15) is 0 Å². The van der Waals surface area contributed by atoms with Crippen LogP contribution in [-0.2, 0) is 14.3 Å². The van der Waals surface area contributed by atoms with Gasteiger partial charge in [0, 0.05) is 36.9 Å². The van der Waals surface area contributed by atoms with E-state index >= 15 is 0 Å². The van der Waals surface area contributed by atoms with Crippen molar-refractivity contribution < 1.29 is 14.3 Å². The Labute approximate surface area is 134 Å². The molecule has 2 amide bonds. The lowest BCUT2D eigenvalue weighted by atomic mass is 10.1. The molecule has 1 atom stereocenters. The van der Waals surface area contributed by atoms with Gasteiger partial charge in [0.05, 0.1) is 18.0 Å². The fourth-order valence-electron chi connectivity index (χ4n) is 2.70. The Balaban J connectivity index is 1.52. The second-order valence-corrected chi connectivity index (χ2v) is 6.60. The van der Waals surface area contributed by atoms with Gasteiger partial charge in [0.2, 0.25) is 11.8 Å². The summed E-state index contributed by atoms with van der Waals surface area (Å²) in [5, 5.41) is 2.94. The number of para-hydroxylation sites is 1. The minimum Gasteiger partial charge on any atom is -0.381 e. The van der Waals surface area contributed by atoms with Crippen molar-refractivity contribution in [3.8, 4) is 0 Å². The second-order valence-electron chi connectivity index (χ2n) is 5.59. The highest BCUT2D eigenvalue weighted by molar-refractivity contribution is 8.00. The Bertz CT molecular complexity index is 558. The van der Waals surface area contributed by atoms with Crippen molar-refractivity contribution in [3.63, 3.8) is 0 Å². The lowest BCUT2D eigenvalue weighted by Gasteiger charge is -2.28. The van der Waals surface area contributed by atoms with E-state index in [9.17, 15) is 9.59 Å². The quantitative estimate of drug-likeness (QED) is 0.896. The number of thioether (sulfide) groups is 1. The van der Waals surface area contributed by atoms with Gasteiger partial charge in [-0.15, -0.1) is 11.8 Å². The first kappa shape index (κ1) is 15.4. The standard InChI is InChI=1S/C16H20N2O3S/c19-15(17-9-12-6-8-21-10-12)5-7-18-13-3-1-2-4-14(13)22-11-16(18)20/h1-4,12H,5-11H2,(H,17,19). The van der Waals surface area contributed by atoms with Crippen LogP contribution in [0.2, 0.25) is 0 Å². The van der Waals surface area contributed by atoms with Crippen LogP contribution in [-0.4, -0.2) is 43.9 Å². The molecule has 22 heavy (non-hydrogen) atoms. The first-order valence-electron chi connectivity index (χ1n) is 7.60. The maximum Gasteiger partial charge on any atom is 0.237 e. The smallest absolute Gasteiger partial charge is 0.237 e. The molecule has 2 aliphatic heterocycles. The Kier molecular flexibility index (Phi) is 5.00. The number of carbonyl (C=O) groups excluding carboxylic acids is 2. The number of ether oxygens (including phenoxy) is 1. The van der Waals surface area contributed by atoms with E-state index in [-0.39, 0.29) is 11.8 Å². The van der Waals surface area contributed by atoms with E-state index in [0.717, 1.165) is 30.2 Å². The van der Waals surface area contributed by atoms with Crippen molar-refractivity contribution >= 4 is 29.3 Å². The van der Waals surface area contributed by atoms with Crippen LogP contribution >= 0.6 is 11.8 Å². The summed E-state index contributed by atoms with van der Waals surface area (Å²) in [5.74, 6) is 0.937. The summed E-state index contributed by atoms with van der Waals surface area (Å²) in [6.45, 7) is 2.62. The van der Waals surface area contributed by atoms with Gasteiger partial charge in [0.1, 0.15) is 0 Å². The minimum atomic E-state index is -0.00425. The zero-order chi connectivity index (χ0) is 15.4. The van der Waals surface area contributed by atoms with Crippen LogP contribution in [0.4, 0.5) is 5.69 Å². The van der Waals surface area contributed by atoms with Gasteiger partial charge in [0.15, 0.2) is 0 Å². The van der Waals surface area contributed by atoms with Gasteiger partial charge in [-0.3, -0.25) is 9.59 Å². The van der Waals surface area contributed by atoms with Crippen LogP contribution in [0, 0.1) is 5.92 Å². The molecular weight excluding hydrogens is 300 g/mol. The molecule has 3 rings (SSSR count). The molecule has 6 heteroatoms. The van der Waals surface area contributed by atoms with Gasteiger partial charge in [-0.25, -0.2) is 0 Å². The van der Waals surface area contributed by atoms with Crippen LogP contribution < -0.4 is 10.2 Å². The molecule has 1 saturated heterocycles. The Morgan fingerprint density at radius 1 is 1.41 bits per heavy atom. The van der Waals surface area contributed by atoms with Crippen molar-refractivity contribution in [1.29, 1.82) is 0 Å². The highest BCUT2D eigenvalue weighted by Crippen LogP contribution is 2.34. The molecule has 1 aromatic carbocycles. The van der Waals surface area contributed by atoms with Gasteiger partial charge in [-0.1, -0.05) is 12.1 Å².